The second-order valence-corrected chi connectivity index (χ2v) is 8.63. The molecule has 0 spiro atoms. The lowest BCUT2D eigenvalue weighted by Gasteiger charge is -2.06. The van der Waals surface area contributed by atoms with E-state index in [1.807, 2.05) is 30.3 Å². The van der Waals surface area contributed by atoms with E-state index in [2.05, 4.69) is 10.1 Å². The van der Waals surface area contributed by atoms with Gasteiger partial charge in [0.25, 0.3) is 5.56 Å². The van der Waals surface area contributed by atoms with Crippen molar-refractivity contribution in [2.75, 3.05) is 0 Å². The van der Waals surface area contributed by atoms with Gasteiger partial charge in [-0.15, -0.1) is 5.10 Å². The van der Waals surface area contributed by atoms with Crippen molar-refractivity contribution >= 4 is 45.1 Å². The fraction of sp³-hybridized carbons (Fsp3) is 0.0800. The third kappa shape index (κ3) is 2.98. The number of carbonyl (C=O) groups is 1. The summed E-state index contributed by atoms with van der Waals surface area (Å²) in [7, 11) is 2.92. The van der Waals surface area contributed by atoms with Crippen LogP contribution in [0.5, 0.6) is 0 Å². The molecule has 0 unspecified atom stereocenters. The van der Waals surface area contributed by atoms with Crippen LogP contribution in [0, 0.1) is 0 Å². The van der Waals surface area contributed by atoms with Gasteiger partial charge in [-0.2, -0.15) is 9.67 Å². The van der Waals surface area contributed by atoms with Gasteiger partial charge in [0.2, 0.25) is 17.4 Å². The Morgan fingerprint density at radius 2 is 1.60 bits per heavy atom. The number of rotatable bonds is 3. The van der Waals surface area contributed by atoms with E-state index in [-0.39, 0.29) is 28.5 Å². The molecule has 0 aliphatic rings. The van der Waals surface area contributed by atoms with Crippen LogP contribution < -0.4 is 11.2 Å². The first-order chi connectivity index (χ1) is 16.9. The SMILES string of the molecule is Cn1c(=O)c2c(nc3n(-c4ccc(Cl)cc4)nc(C(=O)c4cccc5ccccc45)n23)n(C)c1=O. The van der Waals surface area contributed by atoms with Crippen LogP contribution in [0.3, 0.4) is 0 Å². The van der Waals surface area contributed by atoms with E-state index in [0.29, 0.717) is 16.3 Å². The molecule has 6 rings (SSSR count). The van der Waals surface area contributed by atoms with E-state index in [9.17, 15) is 14.4 Å². The normalized spacial score (nSPS) is 11.6. The molecule has 0 N–H and O–H groups in total. The third-order valence-corrected chi connectivity index (χ3v) is 6.40. The average Bonchev–Trinajstić information content (AvgIpc) is 3.44. The van der Waals surface area contributed by atoms with Gasteiger partial charge in [-0.25, -0.2) is 9.20 Å². The topological polar surface area (TPSA) is 96.2 Å². The summed E-state index contributed by atoms with van der Waals surface area (Å²) < 4.78 is 5.17. The van der Waals surface area contributed by atoms with Crippen molar-refractivity contribution in [2.45, 2.75) is 0 Å². The number of benzene rings is 3. The van der Waals surface area contributed by atoms with Gasteiger partial charge in [0.15, 0.2) is 11.2 Å². The summed E-state index contributed by atoms with van der Waals surface area (Å²) in [5.74, 6) is -0.150. The zero-order chi connectivity index (χ0) is 24.4. The van der Waals surface area contributed by atoms with Crippen LogP contribution >= 0.6 is 11.6 Å². The largest absolute Gasteiger partial charge is 0.332 e. The molecule has 3 aromatic heterocycles. The number of ketones is 1. The van der Waals surface area contributed by atoms with Crippen molar-refractivity contribution in [1.29, 1.82) is 0 Å². The molecule has 0 atom stereocenters. The first-order valence-corrected chi connectivity index (χ1v) is 11.1. The zero-order valence-corrected chi connectivity index (χ0v) is 19.4. The van der Waals surface area contributed by atoms with Crippen LogP contribution in [-0.2, 0) is 14.1 Å². The summed E-state index contributed by atoms with van der Waals surface area (Å²) in [4.78, 5) is 44.3. The van der Waals surface area contributed by atoms with Gasteiger partial charge in [0.1, 0.15) is 0 Å². The maximum Gasteiger partial charge on any atom is 0.332 e. The van der Waals surface area contributed by atoms with Gasteiger partial charge in [-0.1, -0.05) is 54.1 Å². The standard InChI is InChI=1S/C25H17ClN6O3/c1-29-21-19(23(34)30(2)25(29)35)31-22(20(33)18-9-5-7-14-6-3-4-8-17(14)18)28-32(24(31)27-21)16-12-10-15(26)11-13-16/h3-13H,1-2H3. The minimum atomic E-state index is -0.571. The number of aromatic nitrogens is 6. The summed E-state index contributed by atoms with van der Waals surface area (Å²) in [5.41, 5.74) is 0.191. The smallest absolute Gasteiger partial charge is 0.285 e. The third-order valence-electron chi connectivity index (χ3n) is 6.14. The minimum absolute atomic E-state index is 0.00421. The van der Waals surface area contributed by atoms with Crippen LogP contribution in [0.15, 0.2) is 76.3 Å². The molecule has 0 aliphatic carbocycles. The highest BCUT2D eigenvalue weighted by molar-refractivity contribution is 6.30. The highest BCUT2D eigenvalue weighted by atomic mass is 35.5. The Morgan fingerprint density at radius 3 is 2.37 bits per heavy atom. The van der Waals surface area contributed by atoms with E-state index >= 15 is 0 Å². The summed E-state index contributed by atoms with van der Waals surface area (Å²) in [6.07, 6.45) is 0. The Bertz CT molecular complexity index is 1940. The molecule has 9 nitrogen and oxygen atoms in total. The molecular formula is C25H17ClN6O3. The van der Waals surface area contributed by atoms with Crippen molar-refractivity contribution in [3.8, 4) is 5.69 Å². The highest BCUT2D eigenvalue weighted by Crippen LogP contribution is 2.25. The molecular weight excluding hydrogens is 468 g/mol. The van der Waals surface area contributed by atoms with Gasteiger partial charge < -0.3 is 0 Å². The Morgan fingerprint density at radius 1 is 0.886 bits per heavy atom. The van der Waals surface area contributed by atoms with E-state index in [4.69, 9.17) is 11.6 Å². The van der Waals surface area contributed by atoms with Gasteiger partial charge in [-0.05, 0) is 35.0 Å². The van der Waals surface area contributed by atoms with Crippen LogP contribution in [0.25, 0.3) is 33.4 Å². The Labute approximate surface area is 202 Å². The summed E-state index contributed by atoms with van der Waals surface area (Å²) >= 11 is 6.06. The van der Waals surface area contributed by atoms with Gasteiger partial charge in [0, 0.05) is 24.7 Å². The highest BCUT2D eigenvalue weighted by Gasteiger charge is 2.27. The van der Waals surface area contributed by atoms with Crippen molar-refractivity contribution in [3.05, 3.63) is 104 Å². The van der Waals surface area contributed by atoms with E-state index in [1.165, 1.54) is 27.7 Å². The van der Waals surface area contributed by atoms with Gasteiger partial charge in [-0.3, -0.25) is 18.7 Å². The number of nitrogens with zero attached hydrogens (tertiary/aromatic N) is 6. The summed E-state index contributed by atoms with van der Waals surface area (Å²) in [6.45, 7) is 0. The van der Waals surface area contributed by atoms with Crippen molar-refractivity contribution in [3.63, 3.8) is 0 Å². The Kier molecular flexibility index (Phi) is 4.52. The number of carbonyl (C=O) groups excluding carboxylic acids is 1. The molecule has 3 aromatic carbocycles. The molecule has 0 amide bonds. The van der Waals surface area contributed by atoms with Crippen LogP contribution in [0.4, 0.5) is 0 Å². The maximum absolute atomic E-state index is 13.9. The molecule has 0 fully saturated rings. The quantitative estimate of drug-likeness (QED) is 0.360. The zero-order valence-electron chi connectivity index (χ0n) is 18.6. The van der Waals surface area contributed by atoms with Crippen molar-refractivity contribution in [2.24, 2.45) is 14.1 Å². The molecule has 0 saturated carbocycles. The summed E-state index contributed by atoms with van der Waals surface area (Å²) in [5, 5.41) is 6.80. The molecule has 0 aliphatic heterocycles. The fourth-order valence-corrected chi connectivity index (χ4v) is 4.48. The van der Waals surface area contributed by atoms with Crippen LogP contribution in [-0.4, -0.2) is 34.1 Å². The second-order valence-electron chi connectivity index (χ2n) is 8.19. The molecule has 0 radical (unpaired) electrons. The lowest BCUT2D eigenvalue weighted by molar-refractivity contribution is 0.103. The predicted molar refractivity (Wildman–Crippen MR) is 133 cm³/mol. The van der Waals surface area contributed by atoms with E-state index in [0.717, 1.165) is 15.3 Å². The van der Waals surface area contributed by atoms with Gasteiger partial charge >= 0.3 is 5.69 Å². The molecule has 0 saturated heterocycles. The fourth-order valence-electron chi connectivity index (χ4n) is 4.36. The van der Waals surface area contributed by atoms with E-state index < -0.39 is 11.2 Å². The van der Waals surface area contributed by atoms with Gasteiger partial charge in [0.05, 0.1) is 5.69 Å². The van der Waals surface area contributed by atoms with Crippen LogP contribution in [0.1, 0.15) is 16.2 Å². The lowest BCUT2D eigenvalue weighted by Crippen LogP contribution is -2.37. The predicted octanol–water partition coefficient (Wildman–Crippen LogP) is 3.11. The first kappa shape index (κ1) is 21.1. The second kappa shape index (κ2) is 7.51. The maximum atomic E-state index is 13.9. The summed E-state index contributed by atoms with van der Waals surface area (Å²) in [6, 6.07) is 19.9. The Balaban J connectivity index is 1.75. The molecule has 10 heteroatoms. The lowest BCUT2D eigenvalue weighted by atomic mass is 10.0. The van der Waals surface area contributed by atoms with Crippen molar-refractivity contribution < 1.29 is 4.79 Å². The number of hydrogen-bond acceptors (Lipinski definition) is 5. The molecule has 3 heterocycles. The molecule has 35 heavy (non-hydrogen) atoms. The minimum Gasteiger partial charge on any atom is -0.285 e. The number of halogens is 1. The number of hydrogen-bond donors (Lipinski definition) is 0. The number of fused-ring (bicyclic) bond motifs is 4. The molecule has 0 bridgehead atoms. The number of aryl methyl sites for hydroxylation is 1. The first-order valence-electron chi connectivity index (χ1n) is 10.7. The van der Waals surface area contributed by atoms with Crippen molar-refractivity contribution in [1.82, 2.24) is 28.3 Å². The van der Waals surface area contributed by atoms with Crippen LogP contribution in [0.2, 0.25) is 5.02 Å². The monoisotopic (exact) mass is 484 g/mol. The number of imidazole rings is 1. The average molecular weight is 485 g/mol. The Hall–Kier alpha value is -4.50. The molecule has 6 aromatic rings. The molecule has 172 valence electrons. The van der Waals surface area contributed by atoms with E-state index in [1.54, 1.807) is 36.4 Å².